The molecule has 0 aliphatic carbocycles. The number of thiazole rings is 1. The van der Waals surface area contributed by atoms with Crippen LogP contribution in [-0.4, -0.2) is 23.8 Å². The number of hydrogen-bond acceptors (Lipinski definition) is 7. The number of fused-ring (bicyclic) bond motifs is 1. The molecule has 5 rings (SSSR count). The standard InChI is InChI=1S/C32H30N2O5S/c1-4-37-26-18-23(16-17-25(26)39-20-22-12-8-6-9-13-22)19-27-30(35)34-29(24-14-10-7-11-15-24)28(31(36)38-5-2)21(3)33-32(34)40-27/h6-19,29H,4-5,20H2,1-3H3/b27-19+. The fraction of sp³-hybridized carbons (Fsp3) is 0.219. The van der Waals surface area contributed by atoms with Crippen LogP contribution < -0.4 is 24.4 Å². The van der Waals surface area contributed by atoms with Crippen molar-refractivity contribution in [1.82, 2.24) is 4.57 Å². The van der Waals surface area contributed by atoms with Gasteiger partial charge in [-0.05, 0) is 55.7 Å². The summed E-state index contributed by atoms with van der Waals surface area (Å²) in [6.45, 7) is 6.57. The van der Waals surface area contributed by atoms with Crippen LogP contribution in [0.1, 0.15) is 43.5 Å². The molecule has 8 heteroatoms. The Morgan fingerprint density at radius 2 is 1.68 bits per heavy atom. The summed E-state index contributed by atoms with van der Waals surface area (Å²) in [7, 11) is 0. The van der Waals surface area contributed by atoms with Gasteiger partial charge in [0.1, 0.15) is 6.61 Å². The van der Waals surface area contributed by atoms with Crippen molar-refractivity contribution in [1.29, 1.82) is 0 Å². The number of carbonyl (C=O) groups is 1. The molecule has 0 spiro atoms. The summed E-state index contributed by atoms with van der Waals surface area (Å²) in [5.41, 5.74) is 3.34. The van der Waals surface area contributed by atoms with Crippen molar-refractivity contribution in [3.8, 4) is 11.5 Å². The number of hydrogen-bond donors (Lipinski definition) is 0. The van der Waals surface area contributed by atoms with Gasteiger partial charge in [0.05, 0.1) is 35.1 Å². The Morgan fingerprint density at radius 3 is 2.38 bits per heavy atom. The number of ether oxygens (including phenoxy) is 3. The van der Waals surface area contributed by atoms with Crippen molar-refractivity contribution in [3.63, 3.8) is 0 Å². The van der Waals surface area contributed by atoms with Gasteiger partial charge in [0.2, 0.25) is 0 Å². The van der Waals surface area contributed by atoms with Crippen LogP contribution in [0.2, 0.25) is 0 Å². The fourth-order valence-corrected chi connectivity index (χ4v) is 5.68. The number of allylic oxidation sites excluding steroid dienone is 1. The Kier molecular flexibility index (Phi) is 8.26. The van der Waals surface area contributed by atoms with E-state index in [1.807, 2.05) is 91.9 Å². The lowest BCUT2D eigenvalue weighted by Gasteiger charge is -2.24. The second-order valence-electron chi connectivity index (χ2n) is 9.13. The van der Waals surface area contributed by atoms with E-state index in [0.717, 1.165) is 16.7 Å². The second-order valence-corrected chi connectivity index (χ2v) is 10.1. The molecule has 0 saturated heterocycles. The van der Waals surface area contributed by atoms with Crippen molar-refractivity contribution < 1.29 is 19.0 Å². The molecule has 1 atom stereocenters. The zero-order chi connectivity index (χ0) is 28.1. The molecule has 0 radical (unpaired) electrons. The number of benzene rings is 3. The molecule has 2 heterocycles. The fourth-order valence-electron chi connectivity index (χ4n) is 4.63. The highest BCUT2D eigenvalue weighted by molar-refractivity contribution is 7.07. The summed E-state index contributed by atoms with van der Waals surface area (Å²) in [6, 6.07) is 24.4. The van der Waals surface area contributed by atoms with Crippen LogP contribution in [-0.2, 0) is 16.1 Å². The third-order valence-corrected chi connectivity index (χ3v) is 7.42. The van der Waals surface area contributed by atoms with Crippen molar-refractivity contribution in [3.05, 3.63) is 127 Å². The predicted octanol–water partition coefficient (Wildman–Crippen LogP) is 4.78. The third kappa shape index (κ3) is 5.62. The molecular weight excluding hydrogens is 524 g/mol. The van der Waals surface area contributed by atoms with Gasteiger partial charge in [0, 0.05) is 0 Å². The maximum absolute atomic E-state index is 13.8. The predicted molar refractivity (Wildman–Crippen MR) is 155 cm³/mol. The molecular formula is C32H30N2O5S. The molecule has 40 heavy (non-hydrogen) atoms. The van der Waals surface area contributed by atoms with Gasteiger partial charge >= 0.3 is 5.97 Å². The lowest BCUT2D eigenvalue weighted by atomic mass is 9.96. The maximum atomic E-state index is 13.8. The lowest BCUT2D eigenvalue weighted by molar-refractivity contribution is -0.139. The van der Waals surface area contributed by atoms with Gasteiger partial charge in [-0.1, -0.05) is 78.1 Å². The van der Waals surface area contributed by atoms with Gasteiger partial charge in [-0.2, -0.15) is 0 Å². The highest BCUT2D eigenvalue weighted by Gasteiger charge is 2.33. The molecule has 7 nitrogen and oxygen atoms in total. The monoisotopic (exact) mass is 554 g/mol. The zero-order valence-electron chi connectivity index (χ0n) is 22.6. The molecule has 0 N–H and O–H groups in total. The van der Waals surface area contributed by atoms with Gasteiger partial charge in [0.15, 0.2) is 16.3 Å². The Balaban J connectivity index is 1.55. The maximum Gasteiger partial charge on any atom is 0.338 e. The van der Waals surface area contributed by atoms with Crippen LogP contribution in [0.5, 0.6) is 11.5 Å². The van der Waals surface area contributed by atoms with Crippen molar-refractivity contribution in [2.24, 2.45) is 4.99 Å². The largest absolute Gasteiger partial charge is 0.490 e. The van der Waals surface area contributed by atoms with Gasteiger partial charge in [-0.3, -0.25) is 9.36 Å². The van der Waals surface area contributed by atoms with Crippen molar-refractivity contribution >= 4 is 23.4 Å². The highest BCUT2D eigenvalue weighted by Crippen LogP contribution is 2.31. The number of rotatable bonds is 9. The minimum absolute atomic E-state index is 0.228. The first-order valence-electron chi connectivity index (χ1n) is 13.2. The van der Waals surface area contributed by atoms with Crippen LogP contribution in [0.4, 0.5) is 0 Å². The molecule has 3 aromatic carbocycles. The summed E-state index contributed by atoms with van der Waals surface area (Å²) < 4.78 is 19.3. The SMILES string of the molecule is CCOC(=O)C1=C(C)N=c2s/c(=C/c3ccc(OCc4ccccc4)c(OCC)c3)c(=O)n2C1c1ccccc1. The van der Waals surface area contributed by atoms with E-state index >= 15 is 0 Å². The van der Waals surface area contributed by atoms with Crippen LogP contribution in [0.15, 0.2) is 99.9 Å². The Morgan fingerprint density at radius 1 is 0.950 bits per heavy atom. The molecule has 0 amide bonds. The molecule has 0 bridgehead atoms. The summed E-state index contributed by atoms with van der Waals surface area (Å²) in [5, 5.41) is 0. The third-order valence-electron chi connectivity index (χ3n) is 6.43. The first-order valence-corrected chi connectivity index (χ1v) is 14.0. The molecule has 0 saturated carbocycles. The number of carbonyl (C=O) groups excluding carboxylic acids is 1. The van der Waals surface area contributed by atoms with Crippen LogP contribution in [0.25, 0.3) is 6.08 Å². The summed E-state index contributed by atoms with van der Waals surface area (Å²) >= 11 is 1.29. The van der Waals surface area contributed by atoms with E-state index in [2.05, 4.69) is 4.99 Å². The van der Waals surface area contributed by atoms with Gasteiger partial charge in [-0.25, -0.2) is 9.79 Å². The molecule has 204 valence electrons. The molecule has 4 aromatic rings. The van der Waals surface area contributed by atoms with Crippen LogP contribution >= 0.6 is 11.3 Å². The molecule has 1 aliphatic rings. The number of esters is 1. The molecule has 0 fully saturated rings. The Hall–Kier alpha value is -4.43. The molecule has 1 unspecified atom stereocenters. The van der Waals surface area contributed by atoms with E-state index in [0.29, 0.717) is 45.3 Å². The normalized spacial score (nSPS) is 14.9. The minimum atomic E-state index is -0.633. The second kappa shape index (κ2) is 12.2. The smallest absolute Gasteiger partial charge is 0.338 e. The van der Waals surface area contributed by atoms with Gasteiger partial charge < -0.3 is 14.2 Å². The van der Waals surface area contributed by atoms with Gasteiger partial charge in [-0.15, -0.1) is 0 Å². The molecule has 1 aromatic heterocycles. The lowest BCUT2D eigenvalue weighted by Crippen LogP contribution is -2.39. The quantitative estimate of drug-likeness (QED) is 0.279. The number of aromatic nitrogens is 1. The summed E-state index contributed by atoms with van der Waals surface area (Å²) in [5.74, 6) is 0.755. The van der Waals surface area contributed by atoms with Crippen molar-refractivity contribution in [2.45, 2.75) is 33.4 Å². The topological polar surface area (TPSA) is 79.1 Å². The average molecular weight is 555 g/mol. The first kappa shape index (κ1) is 27.1. The van der Waals surface area contributed by atoms with E-state index in [4.69, 9.17) is 14.2 Å². The van der Waals surface area contributed by atoms with E-state index in [1.165, 1.54) is 11.3 Å². The Bertz CT molecular complexity index is 1720. The average Bonchev–Trinajstić information content (AvgIpc) is 3.27. The van der Waals surface area contributed by atoms with Gasteiger partial charge in [0.25, 0.3) is 5.56 Å². The van der Waals surface area contributed by atoms with E-state index in [1.54, 1.807) is 18.4 Å². The summed E-state index contributed by atoms with van der Waals surface area (Å²) in [4.78, 5) is 32.0. The minimum Gasteiger partial charge on any atom is -0.490 e. The van der Waals surface area contributed by atoms with Crippen molar-refractivity contribution in [2.75, 3.05) is 13.2 Å². The first-order chi connectivity index (χ1) is 19.5. The van der Waals surface area contributed by atoms with Crippen LogP contribution in [0.3, 0.4) is 0 Å². The molecule has 1 aliphatic heterocycles. The van der Waals surface area contributed by atoms with Crippen LogP contribution in [0, 0.1) is 0 Å². The number of nitrogens with zero attached hydrogens (tertiary/aromatic N) is 2. The van der Waals surface area contributed by atoms with E-state index < -0.39 is 12.0 Å². The summed E-state index contributed by atoms with van der Waals surface area (Å²) in [6.07, 6.45) is 1.82. The zero-order valence-corrected chi connectivity index (χ0v) is 23.4. The Labute approximate surface area is 236 Å². The van der Waals surface area contributed by atoms with E-state index in [9.17, 15) is 9.59 Å². The highest BCUT2D eigenvalue weighted by atomic mass is 32.1. The van der Waals surface area contributed by atoms with E-state index in [-0.39, 0.29) is 12.2 Å².